The first-order valence-electron chi connectivity index (χ1n) is 6.19. The highest BCUT2D eigenvalue weighted by Gasteiger charge is 2.14. The second-order valence-corrected chi connectivity index (χ2v) is 5.50. The van der Waals surface area contributed by atoms with Gasteiger partial charge < -0.3 is 10.1 Å². The molecule has 0 unspecified atom stereocenters. The maximum atomic E-state index is 5.50. The molecule has 102 valence electrons. The number of nitrogens with zero attached hydrogens (tertiary/aromatic N) is 1. The Morgan fingerprint density at radius 3 is 3.11 bits per heavy atom. The minimum atomic E-state index is 0.270. The number of hydrogen-bond acceptors (Lipinski definition) is 3. The van der Waals surface area contributed by atoms with E-state index in [0.29, 0.717) is 5.11 Å². The topological polar surface area (TPSA) is 45.6 Å². The van der Waals surface area contributed by atoms with Gasteiger partial charge in [-0.05, 0) is 31.1 Å². The summed E-state index contributed by atoms with van der Waals surface area (Å²) in [6, 6.07) is 7.86. The van der Waals surface area contributed by atoms with E-state index in [4.69, 9.17) is 17.0 Å². The van der Waals surface area contributed by atoms with Gasteiger partial charge in [0.2, 0.25) is 0 Å². The number of benzene rings is 1. The minimum absolute atomic E-state index is 0.270. The van der Waals surface area contributed by atoms with Crippen LogP contribution in [-0.4, -0.2) is 30.6 Å². The van der Waals surface area contributed by atoms with E-state index in [1.165, 1.54) is 0 Å². The number of halogens is 1. The smallest absolute Gasteiger partial charge is 0.187 e. The number of hydrazone groups is 1. The maximum absolute atomic E-state index is 5.50. The van der Waals surface area contributed by atoms with Crippen LogP contribution in [0.25, 0.3) is 0 Å². The number of thiocarbonyl (C=S) groups is 1. The summed E-state index contributed by atoms with van der Waals surface area (Å²) in [7, 11) is 0. The number of hydrogen-bond donors (Lipinski definition) is 2. The fourth-order valence-corrected chi connectivity index (χ4v) is 2.31. The molecule has 4 nitrogen and oxygen atoms in total. The number of ether oxygens (including phenoxy) is 1. The van der Waals surface area contributed by atoms with Gasteiger partial charge >= 0.3 is 0 Å². The van der Waals surface area contributed by atoms with Gasteiger partial charge in [-0.3, -0.25) is 5.43 Å². The van der Waals surface area contributed by atoms with Crippen LogP contribution in [0, 0.1) is 0 Å². The third-order valence-corrected chi connectivity index (χ3v) is 3.75. The second kappa shape index (κ2) is 7.57. The van der Waals surface area contributed by atoms with Crippen LogP contribution in [0.5, 0.6) is 0 Å². The lowest BCUT2D eigenvalue weighted by Crippen LogP contribution is -2.37. The summed E-state index contributed by atoms with van der Waals surface area (Å²) in [5, 5.41) is 7.71. The first kappa shape index (κ1) is 14.4. The first-order chi connectivity index (χ1) is 9.25. The summed E-state index contributed by atoms with van der Waals surface area (Å²) in [5.41, 5.74) is 3.79. The molecule has 1 saturated heterocycles. The van der Waals surface area contributed by atoms with Crippen molar-refractivity contribution >= 4 is 39.5 Å². The van der Waals surface area contributed by atoms with Crippen molar-refractivity contribution < 1.29 is 4.74 Å². The molecule has 1 aliphatic rings. The van der Waals surface area contributed by atoms with E-state index in [0.717, 1.165) is 36.0 Å². The Morgan fingerprint density at radius 2 is 2.37 bits per heavy atom. The van der Waals surface area contributed by atoms with E-state index < -0.39 is 0 Å². The van der Waals surface area contributed by atoms with Crippen LogP contribution in [0.1, 0.15) is 18.4 Å². The van der Waals surface area contributed by atoms with Gasteiger partial charge in [0.25, 0.3) is 0 Å². The molecule has 1 heterocycles. The van der Waals surface area contributed by atoms with E-state index in [9.17, 15) is 0 Å². The van der Waals surface area contributed by atoms with E-state index >= 15 is 0 Å². The third kappa shape index (κ3) is 4.89. The molecule has 0 aliphatic carbocycles. The highest BCUT2D eigenvalue weighted by molar-refractivity contribution is 9.10. The zero-order valence-corrected chi connectivity index (χ0v) is 12.8. The summed E-state index contributed by atoms with van der Waals surface area (Å²) >= 11 is 8.59. The van der Waals surface area contributed by atoms with Crippen molar-refractivity contribution in [2.24, 2.45) is 5.10 Å². The van der Waals surface area contributed by atoms with Crippen molar-refractivity contribution in [2.45, 2.75) is 18.9 Å². The van der Waals surface area contributed by atoms with E-state index in [2.05, 4.69) is 31.8 Å². The van der Waals surface area contributed by atoms with Crippen LogP contribution >= 0.6 is 28.1 Å². The Morgan fingerprint density at radius 1 is 1.53 bits per heavy atom. The van der Waals surface area contributed by atoms with Crippen molar-refractivity contribution in [1.29, 1.82) is 0 Å². The summed E-state index contributed by atoms with van der Waals surface area (Å²) in [4.78, 5) is 0. The van der Waals surface area contributed by atoms with Gasteiger partial charge in [-0.1, -0.05) is 34.1 Å². The fraction of sp³-hybridized carbons (Fsp3) is 0.385. The van der Waals surface area contributed by atoms with Gasteiger partial charge in [-0.25, -0.2) is 0 Å². The Kier molecular flexibility index (Phi) is 5.75. The molecule has 19 heavy (non-hydrogen) atoms. The second-order valence-electron chi connectivity index (χ2n) is 4.24. The molecule has 0 amide bonds. The zero-order valence-electron chi connectivity index (χ0n) is 10.4. The molecule has 2 N–H and O–H groups in total. The Hall–Kier alpha value is -0.980. The quantitative estimate of drug-likeness (QED) is 0.501. The average molecular weight is 342 g/mol. The predicted molar refractivity (Wildman–Crippen MR) is 84.4 cm³/mol. The van der Waals surface area contributed by atoms with Crippen molar-refractivity contribution in [3.05, 3.63) is 34.3 Å². The maximum Gasteiger partial charge on any atom is 0.187 e. The predicted octanol–water partition coefficient (Wildman–Crippen LogP) is 2.43. The van der Waals surface area contributed by atoms with Crippen LogP contribution in [0.4, 0.5) is 0 Å². The average Bonchev–Trinajstić information content (AvgIpc) is 2.92. The van der Waals surface area contributed by atoms with Crippen LogP contribution < -0.4 is 10.7 Å². The van der Waals surface area contributed by atoms with E-state index in [-0.39, 0.29) is 6.10 Å². The minimum Gasteiger partial charge on any atom is -0.376 e. The molecule has 1 fully saturated rings. The third-order valence-electron chi connectivity index (χ3n) is 2.79. The van der Waals surface area contributed by atoms with Gasteiger partial charge in [-0.15, -0.1) is 0 Å². The standard InChI is InChI=1S/C13H16BrN3OS/c14-12-6-2-1-4-10(12)8-16-17-13(19)15-9-11-5-3-7-18-11/h1-2,4,6,8,11H,3,5,7,9H2,(H2,15,17,19)/b16-8-/t11-/m1/s1. The lowest BCUT2D eigenvalue weighted by molar-refractivity contribution is 0.114. The number of rotatable bonds is 4. The molecular formula is C13H16BrN3OS. The van der Waals surface area contributed by atoms with Gasteiger partial charge in [-0.2, -0.15) is 5.10 Å². The summed E-state index contributed by atoms with van der Waals surface area (Å²) in [5.74, 6) is 0. The van der Waals surface area contributed by atoms with Crippen LogP contribution in [-0.2, 0) is 4.74 Å². The van der Waals surface area contributed by atoms with Crippen LogP contribution in [0.15, 0.2) is 33.8 Å². The van der Waals surface area contributed by atoms with Gasteiger partial charge in [0.15, 0.2) is 5.11 Å². The zero-order chi connectivity index (χ0) is 13.5. The molecule has 0 radical (unpaired) electrons. The van der Waals surface area contributed by atoms with Gasteiger partial charge in [0, 0.05) is 23.2 Å². The molecule has 6 heteroatoms. The van der Waals surface area contributed by atoms with Crippen molar-refractivity contribution in [2.75, 3.05) is 13.2 Å². The lowest BCUT2D eigenvalue weighted by atomic mass is 10.2. The molecule has 2 rings (SSSR count). The van der Waals surface area contributed by atoms with Crippen LogP contribution in [0.2, 0.25) is 0 Å². The summed E-state index contributed by atoms with van der Waals surface area (Å²) in [6.07, 6.45) is 4.22. The molecule has 0 saturated carbocycles. The van der Waals surface area contributed by atoms with Gasteiger partial charge in [0.1, 0.15) is 0 Å². The highest BCUT2D eigenvalue weighted by Crippen LogP contribution is 2.13. The Labute approximate surface area is 126 Å². The fourth-order valence-electron chi connectivity index (χ4n) is 1.79. The SMILES string of the molecule is S=C(NC[C@H]1CCCO1)N/N=C\c1ccccc1Br. The molecule has 1 aliphatic heterocycles. The van der Waals surface area contributed by atoms with Crippen molar-refractivity contribution in [1.82, 2.24) is 10.7 Å². The Bertz CT molecular complexity index is 461. The Balaban J connectivity index is 1.72. The summed E-state index contributed by atoms with van der Waals surface area (Å²) < 4.78 is 6.50. The normalized spacial score (nSPS) is 18.7. The summed E-state index contributed by atoms with van der Waals surface area (Å²) in [6.45, 7) is 1.59. The molecule has 1 aromatic rings. The molecule has 0 spiro atoms. The van der Waals surface area contributed by atoms with Crippen molar-refractivity contribution in [3.8, 4) is 0 Å². The number of nitrogens with one attached hydrogen (secondary N) is 2. The van der Waals surface area contributed by atoms with Crippen LogP contribution in [0.3, 0.4) is 0 Å². The van der Waals surface area contributed by atoms with Gasteiger partial charge in [0.05, 0.1) is 12.3 Å². The molecule has 1 aromatic carbocycles. The first-order valence-corrected chi connectivity index (χ1v) is 7.39. The van der Waals surface area contributed by atoms with Crippen molar-refractivity contribution in [3.63, 3.8) is 0 Å². The monoisotopic (exact) mass is 341 g/mol. The molecule has 0 aromatic heterocycles. The molecular weight excluding hydrogens is 326 g/mol. The largest absolute Gasteiger partial charge is 0.376 e. The lowest BCUT2D eigenvalue weighted by Gasteiger charge is -2.11. The van der Waals surface area contributed by atoms with E-state index in [1.54, 1.807) is 6.21 Å². The molecule has 0 bridgehead atoms. The van der Waals surface area contributed by atoms with E-state index in [1.807, 2.05) is 24.3 Å². The highest BCUT2D eigenvalue weighted by atomic mass is 79.9. The molecule has 1 atom stereocenters.